The van der Waals surface area contributed by atoms with Crippen LogP contribution in [0.3, 0.4) is 0 Å². The number of nitrogens with one attached hydrogen (secondary N) is 1. The Bertz CT molecular complexity index is 700. The minimum Gasteiger partial charge on any atom is -0.493 e. The van der Waals surface area contributed by atoms with E-state index in [-0.39, 0.29) is 11.6 Å². The van der Waals surface area contributed by atoms with Crippen LogP contribution in [0.1, 0.15) is 5.56 Å². The molecule has 1 aliphatic rings. The van der Waals surface area contributed by atoms with Crippen LogP contribution in [0.4, 0.5) is 0 Å². The monoisotopic (exact) mass is 336 g/mol. The first-order chi connectivity index (χ1) is 11.5. The normalized spacial score (nSPS) is 15.1. The Labute approximate surface area is 137 Å². The van der Waals surface area contributed by atoms with Crippen molar-refractivity contribution < 1.29 is 33.4 Å². The number of carbonyl (C=O) groups excluding carboxylic acids is 2. The molecule has 0 aliphatic carbocycles. The molecule has 24 heavy (non-hydrogen) atoms. The average molecular weight is 336 g/mol. The van der Waals surface area contributed by atoms with Crippen LogP contribution in [0, 0.1) is 0 Å². The van der Waals surface area contributed by atoms with Gasteiger partial charge in [-0.3, -0.25) is 4.79 Å². The third-order valence-electron chi connectivity index (χ3n) is 3.08. The zero-order valence-electron chi connectivity index (χ0n) is 13.5. The van der Waals surface area contributed by atoms with Crippen LogP contribution < -0.4 is 19.5 Å². The summed E-state index contributed by atoms with van der Waals surface area (Å²) in [6, 6.07) is 3.19. The Balaban J connectivity index is 2.38. The molecule has 0 saturated carbocycles. The van der Waals surface area contributed by atoms with E-state index in [1.54, 1.807) is 12.1 Å². The number of benzene rings is 1. The van der Waals surface area contributed by atoms with Crippen molar-refractivity contribution in [3.63, 3.8) is 0 Å². The van der Waals surface area contributed by atoms with Crippen molar-refractivity contribution in [2.24, 2.45) is 5.16 Å². The predicted molar refractivity (Wildman–Crippen MR) is 82.0 cm³/mol. The number of rotatable bonds is 5. The molecular weight excluding hydrogens is 320 g/mol. The van der Waals surface area contributed by atoms with E-state index in [1.165, 1.54) is 28.4 Å². The first kappa shape index (κ1) is 17.1. The van der Waals surface area contributed by atoms with Gasteiger partial charge in [0, 0.05) is 5.56 Å². The second-order valence-electron chi connectivity index (χ2n) is 4.43. The van der Waals surface area contributed by atoms with Gasteiger partial charge in [0.2, 0.25) is 11.5 Å². The van der Waals surface area contributed by atoms with Crippen LogP contribution in [0.2, 0.25) is 0 Å². The van der Waals surface area contributed by atoms with E-state index >= 15 is 0 Å². The highest BCUT2D eigenvalue weighted by molar-refractivity contribution is 6.14. The van der Waals surface area contributed by atoms with Crippen molar-refractivity contribution in [1.82, 2.24) is 5.32 Å². The maximum atomic E-state index is 12.0. The first-order valence-electron chi connectivity index (χ1n) is 6.70. The van der Waals surface area contributed by atoms with Gasteiger partial charge in [0.15, 0.2) is 17.3 Å². The zero-order valence-corrected chi connectivity index (χ0v) is 13.5. The second-order valence-corrected chi connectivity index (χ2v) is 4.43. The molecule has 0 saturated heterocycles. The molecule has 0 spiro atoms. The molecule has 1 aromatic carbocycles. The quantitative estimate of drug-likeness (QED) is 0.619. The molecular formula is C15H16N2O7. The van der Waals surface area contributed by atoms with Crippen molar-refractivity contribution >= 4 is 17.7 Å². The van der Waals surface area contributed by atoms with Crippen LogP contribution >= 0.6 is 0 Å². The summed E-state index contributed by atoms with van der Waals surface area (Å²) in [7, 11) is 5.60. The lowest BCUT2D eigenvalue weighted by molar-refractivity contribution is -0.135. The fraction of sp³-hybridized carbons (Fsp3) is 0.267. The van der Waals surface area contributed by atoms with Gasteiger partial charge >= 0.3 is 5.97 Å². The minimum absolute atomic E-state index is 0.126. The van der Waals surface area contributed by atoms with Crippen LogP contribution in [0.15, 0.2) is 29.1 Å². The Hall–Kier alpha value is -3.23. The largest absolute Gasteiger partial charge is 0.493 e. The maximum absolute atomic E-state index is 12.0. The molecule has 0 bridgehead atoms. The molecule has 9 nitrogen and oxygen atoms in total. The van der Waals surface area contributed by atoms with Gasteiger partial charge < -0.3 is 29.1 Å². The van der Waals surface area contributed by atoms with Gasteiger partial charge in [-0.1, -0.05) is 5.16 Å². The SMILES string of the molecule is COC(=O)/C=C1/ON=C(c2cc(OC)c(OC)c(OC)c2)NC1=O. The highest BCUT2D eigenvalue weighted by Gasteiger charge is 2.24. The molecule has 0 radical (unpaired) electrons. The van der Waals surface area contributed by atoms with E-state index < -0.39 is 11.9 Å². The Morgan fingerprint density at radius 3 is 2.21 bits per heavy atom. The summed E-state index contributed by atoms with van der Waals surface area (Å²) in [6.45, 7) is 0. The van der Waals surface area contributed by atoms with E-state index in [1.807, 2.05) is 0 Å². The van der Waals surface area contributed by atoms with E-state index in [4.69, 9.17) is 19.0 Å². The van der Waals surface area contributed by atoms with Crippen LogP contribution in [-0.2, 0) is 19.2 Å². The molecule has 2 rings (SSSR count). The molecule has 1 aromatic rings. The summed E-state index contributed by atoms with van der Waals surface area (Å²) < 4.78 is 20.1. The topological polar surface area (TPSA) is 105 Å². The molecule has 1 heterocycles. The van der Waals surface area contributed by atoms with Crippen molar-refractivity contribution in [2.45, 2.75) is 0 Å². The lowest BCUT2D eigenvalue weighted by Gasteiger charge is -2.18. The van der Waals surface area contributed by atoms with Crippen molar-refractivity contribution in [3.05, 3.63) is 29.5 Å². The van der Waals surface area contributed by atoms with Crippen LogP contribution in [0.25, 0.3) is 0 Å². The summed E-state index contributed by atoms with van der Waals surface area (Å²) >= 11 is 0. The molecule has 1 N–H and O–H groups in total. The fourth-order valence-electron chi connectivity index (χ4n) is 1.93. The number of methoxy groups -OCH3 is 4. The van der Waals surface area contributed by atoms with Gasteiger partial charge in [0.05, 0.1) is 34.5 Å². The summed E-state index contributed by atoms with van der Waals surface area (Å²) in [5.41, 5.74) is 0.468. The second kappa shape index (κ2) is 7.36. The standard InChI is InChI=1S/C15H16N2O7/c1-20-9-5-8(6-10(21-2)13(9)23-4)14-16-15(19)11(24-17-14)7-12(18)22-3/h5-7H,1-4H3,(H,16,17,19)/b11-7+. The number of esters is 1. The maximum Gasteiger partial charge on any atom is 0.334 e. The highest BCUT2D eigenvalue weighted by Crippen LogP contribution is 2.38. The molecule has 0 aromatic heterocycles. The summed E-state index contributed by atoms with van der Waals surface area (Å²) in [6.07, 6.45) is 0.894. The zero-order chi connectivity index (χ0) is 17.7. The average Bonchev–Trinajstić information content (AvgIpc) is 2.61. The van der Waals surface area contributed by atoms with E-state index in [2.05, 4.69) is 15.2 Å². The Kier molecular flexibility index (Phi) is 5.25. The molecule has 1 aliphatic heterocycles. The van der Waals surface area contributed by atoms with Crippen LogP contribution in [0.5, 0.6) is 17.2 Å². The van der Waals surface area contributed by atoms with Gasteiger partial charge in [0.25, 0.3) is 5.91 Å². The van der Waals surface area contributed by atoms with Gasteiger partial charge in [-0.05, 0) is 12.1 Å². The molecule has 0 atom stereocenters. The summed E-state index contributed by atoms with van der Waals surface area (Å²) in [4.78, 5) is 28.1. The number of ether oxygens (including phenoxy) is 4. The Morgan fingerprint density at radius 1 is 1.12 bits per heavy atom. The third kappa shape index (κ3) is 3.40. The smallest absolute Gasteiger partial charge is 0.334 e. The highest BCUT2D eigenvalue weighted by atomic mass is 16.6. The van der Waals surface area contributed by atoms with Crippen molar-refractivity contribution in [2.75, 3.05) is 28.4 Å². The molecule has 9 heteroatoms. The van der Waals surface area contributed by atoms with Gasteiger partial charge in [-0.15, -0.1) is 0 Å². The first-order valence-corrected chi connectivity index (χ1v) is 6.70. The van der Waals surface area contributed by atoms with E-state index in [0.717, 1.165) is 6.08 Å². The van der Waals surface area contributed by atoms with Crippen LogP contribution in [-0.4, -0.2) is 46.2 Å². The molecule has 128 valence electrons. The number of amidine groups is 1. The summed E-state index contributed by atoms with van der Waals surface area (Å²) in [5.74, 6) is -0.344. The van der Waals surface area contributed by atoms with Gasteiger partial charge in [-0.2, -0.15) is 0 Å². The number of hydrogen-bond acceptors (Lipinski definition) is 8. The number of amides is 1. The van der Waals surface area contributed by atoms with Crippen molar-refractivity contribution in [3.8, 4) is 17.2 Å². The molecule has 1 amide bonds. The lowest BCUT2D eigenvalue weighted by Crippen LogP contribution is -2.37. The summed E-state index contributed by atoms with van der Waals surface area (Å²) in [5, 5.41) is 6.29. The molecule has 0 fully saturated rings. The van der Waals surface area contributed by atoms with Gasteiger partial charge in [0.1, 0.15) is 0 Å². The third-order valence-corrected chi connectivity index (χ3v) is 3.08. The number of oxime groups is 1. The Morgan fingerprint density at radius 2 is 1.75 bits per heavy atom. The molecule has 0 unspecified atom stereocenters. The van der Waals surface area contributed by atoms with E-state index in [9.17, 15) is 9.59 Å². The number of nitrogens with zero attached hydrogens (tertiary/aromatic N) is 1. The van der Waals surface area contributed by atoms with E-state index in [0.29, 0.717) is 22.8 Å². The fourth-order valence-corrected chi connectivity index (χ4v) is 1.93. The van der Waals surface area contributed by atoms with Crippen molar-refractivity contribution in [1.29, 1.82) is 0 Å². The minimum atomic E-state index is -0.730. The number of hydrogen-bond donors (Lipinski definition) is 1. The number of carbonyl (C=O) groups is 2. The lowest BCUT2D eigenvalue weighted by atomic mass is 10.1. The van der Waals surface area contributed by atoms with Gasteiger partial charge in [-0.25, -0.2) is 4.79 Å². The predicted octanol–water partition coefficient (Wildman–Crippen LogP) is 0.577.